The first-order chi connectivity index (χ1) is 8.74. The van der Waals surface area contributed by atoms with E-state index in [0.29, 0.717) is 0 Å². The van der Waals surface area contributed by atoms with Gasteiger partial charge in [-0.3, -0.25) is 0 Å². The Kier molecular flexibility index (Phi) is 4.00. The van der Waals surface area contributed by atoms with Crippen molar-refractivity contribution in [2.75, 3.05) is 6.61 Å². The van der Waals surface area contributed by atoms with Gasteiger partial charge in [0.2, 0.25) is 0 Å². The third-order valence-corrected chi connectivity index (χ3v) is 5.55. The molecule has 1 aromatic carbocycles. The molecule has 0 bridgehead atoms. The van der Waals surface area contributed by atoms with E-state index < -0.39 is 0 Å². The van der Waals surface area contributed by atoms with Crippen molar-refractivity contribution < 1.29 is 4.74 Å². The van der Waals surface area contributed by atoms with Crippen molar-refractivity contribution in [1.82, 2.24) is 0 Å². The summed E-state index contributed by atoms with van der Waals surface area (Å²) < 4.78 is 6.96. The lowest BCUT2D eigenvalue weighted by Crippen LogP contribution is -2.01. The molecule has 1 fully saturated rings. The Hall–Kier alpha value is -0.0200. The molecule has 0 N–H and O–H groups in total. The Labute approximate surface area is 126 Å². The van der Waals surface area contributed by atoms with E-state index >= 15 is 0 Å². The predicted molar refractivity (Wildman–Crippen MR) is 81.7 cm³/mol. The van der Waals surface area contributed by atoms with E-state index in [1.807, 2.05) is 0 Å². The number of alkyl halides is 1. The van der Waals surface area contributed by atoms with Crippen molar-refractivity contribution in [3.8, 4) is 5.75 Å². The first-order valence-corrected chi connectivity index (χ1v) is 8.53. The smallest absolute Gasteiger partial charge is 0.125 e. The maximum atomic E-state index is 5.77. The lowest BCUT2D eigenvalue weighted by molar-refractivity contribution is 0.353. The van der Waals surface area contributed by atoms with E-state index in [1.165, 1.54) is 41.3 Å². The number of hydrogen-bond donors (Lipinski definition) is 0. The monoisotopic (exact) mass is 372 g/mol. The van der Waals surface area contributed by atoms with Gasteiger partial charge in [0, 0.05) is 15.7 Å². The number of fused-ring (bicyclic) bond motifs is 1. The highest BCUT2D eigenvalue weighted by molar-refractivity contribution is 9.10. The molecule has 3 heteroatoms. The van der Waals surface area contributed by atoms with Gasteiger partial charge in [0.15, 0.2) is 0 Å². The van der Waals surface area contributed by atoms with Crippen LogP contribution < -0.4 is 4.74 Å². The zero-order valence-corrected chi connectivity index (χ0v) is 13.6. The molecule has 0 saturated heterocycles. The Bertz CT molecular complexity index is 440. The van der Waals surface area contributed by atoms with Crippen molar-refractivity contribution in [1.29, 1.82) is 0 Å². The normalized spacial score (nSPS) is 19.4. The molecule has 1 nitrogen and oxygen atoms in total. The Morgan fingerprint density at radius 2 is 2.17 bits per heavy atom. The van der Waals surface area contributed by atoms with Crippen molar-refractivity contribution in [2.45, 2.75) is 43.4 Å². The van der Waals surface area contributed by atoms with Crippen molar-refractivity contribution in [3.63, 3.8) is 0 Å². The molecular weight excluding hydrogens is 356 g/mol. The molecule has 18 heavy (non-hydrogen) atoms. The average Bonchev–Trinajstić information content (AvgIpc) is 3.08. The van der Waals surface area contributed by atoms with Crippen LogP contribution in [0.3, 0.4) is 0 Å². The van der Waals surface area contributed by atoms with Gasteiger partial charge < -0.3 is 4.74 Å². The summed E-state index contributed by atoms with van der Waals surface area (Å²) in [6.07, 6.45) is 7.57. The van der Waals surface area contributed by atoms with Crippen LogP contribution >= 0.6 is 31.9 Å². The summed E-state index contributed by atoms with van der Waals surface area (Å²) in [4.78, 5) is 0.735. The quantitative estimate of drug-likeness (QED) is 0.668. The third kappa shape index (κ3) is 2.93. The molecule has 1 heterocycles. The van der Waals surface area contributed by atoms with E-state index in [2.05, 4.69) is 44.0 Å². The number of halogens is 2. The first-order valence-electron chi connectivity index (χ1n) is 6.82. The fourth-order valence-corrected chi connectivity index (χ4v) is 4.12. The highest BCUT2D eigenvalue weighted by Gasteiger charge is 2.28. The van der Waals surface area contributed by atoms with Crippen molar-refractivity contribution >= 4 is 31.9 Å². The van der Waals surface area contributed by atoms with Gasteiger partial charge in [-0.15, -0.1) is 0 Å². The molecule has 1 saturated carbocycles. The van der Waals surface area contributed by atoms with Crippen LogP contribution in [0.2, 0.25) is 0 Å². The van der Waals surface area contributed by atoms with Crippen LogP contribution in [0.15, 0.2) is 16.6 Å². The summed E-state index contributed by atoms with van der Waals surface area (Å²) in [5.74, 6) is 2.12. The van der Waals surface area contributed by atoms with E-state index in [4.69, 9.17) is 4.74 Å². The maximum Gasteiger partial charge on any atom is 0.125 e. The molecule has 0 radical (unpaired) electrons. The minimum Gasteiger partial charge on any atom is -0.493 e. The van der Waals surface area contributed by atoms with E-state index in [0.717, 1.165) is 35.9 Å². The molecule has 1 aromatic rings. The largest absolute Gasteiger partial charge is 0.493 e. The van der Waals surface area contributed by atoms with Crippen LogP contribution in [0.4, 0.5) is 0 Å². The summed E-state index contributed by atoms with van der Waals surface area (Å²) in [5.41, 5.74) is 2.75. The topological polar surface area (TPSA) is 9.23 Å². The minimum atomic E-state index is 0.735. The van der Waals surface area contributed by atoms with Crippen LogP contribution in [0.5, 0.6) is 5.75 Å². The molecule has 1 aliphatic heterocycles. The molecule has 3 rings (SSSR count). The van der Waals surface area contributed by atoms with Crippen LogP contribution in [-0.4, -0.2) is 11.4 Å². The number of rotatable bonds is 5. The molecule has 1 aliphatic carbocycles. The first kappa shape index (κ1) is 13.0. The van der Waals surface area contributed by atoms with Gasteiger partial charge in [0.25, 0.3) is 0 Å². The molecule has 0 amide bonds. The van der Waals surface area contributed by atoms with E-state index in [-0.39, 0.29) is 0 Å². The third-order valence-electron chi connectivity index (χ3n) is 3.88. The molecule has 1 unspecified atom stereocenters. The van der Waals surface area contributed by atoms with Gasteiger partial charge in [-0.2, -0.15) is 0 Å². The SMILES string of the molecule is Brc1cc(CCCC(Br)C2CC2)c2c(c1)CCO2. The van der Waals surface area contributed by atoms with Gasteiger partial charge in [-0.25, -0.2) is 0 Å². The molecule has 0 aromatic heterocycles. The van der Waals surface area contributed by atoms with E-state index in [9.17, 15) is 0 Å². The van der Waals surface area contributed by atoms with Crippen LogP contribution in [0.1, 0.15) is 36.8 Å². The van der Waals surface area contributed by atoms with Gasteiger partial charge in [-0.1, -0.05) is 31.9 Å². The molecule has 1 atom stereocenters. The van der Waals surface area contributed by atoms with Gasteiger partial charge >= 0.3 is 0 Å². The minimum absolute atomic E-state index is 0.735. The zero-order chi connectivity index (χ0) is 12.5. The van der Waals surface area contributed by atoms with Crippen molar-refractivity contribution in [3.05, 3.63) is 27.7 Å². The standard InChI is InChI=1S/C15H18Br2O/c16-13-8-11(15-12(9-13)6-7-18-15)2-1-3-14(17)10-4-5-10/h8-10,14H,1-7H2. The van der Waals surface area contributed by atoms with E-state index in [1.54, 1.807) is 0 Å². The Morgan fingerprint density at radius 3 is 2.94 bits per heavy atom. The second-order valence-electron chi connectivity index (χ2n) is 5.40. The lowest BCUT2D eigenvalue weighted by atomic mass is 10.0. The van der Waals surface area contributed by atoms with Crippen LogP contribution in [0, 0.1) is 5.92 Å². The van der Waals surface area contributed by atoms with Gasteiger partial charge in [0.1, 0.15) is 5.75 Å². The molecule has 98 valence electrons. The second kappa shape index (κ2) is 5.54. The highest BCUT2D eigenvalue weighted by atomic mass is 79.9. The van der Waals surface area contributed by atoms with Gasteiger partial charge in [0.05, 0.1) is 6.61 Å². The Morgan fingerprint density at radius 1 is 1.33 bits per heavy atom. The van der Waals surface area contributed by atoms with Gasteiger partial charge in [-0.05, 0) is 61.3 Å². The summed E-state index contributed by atoms with van der Waals surface area (Å²) in [6, 6.07) is 4.42. The highest BCUT2D eigenvalue weighted by Crippen LogP contribution is 2.39. The predicted octanol–water partition coefficient (Wildman–Crippen LogP) is 4.88. The van der Waals surface area contributed by atoms with Crippen LogP contribution in [-0.2, 0) is 12.8 Å². The van der Waals surface area contributed by atoms with Crippen LogP contribution in [0.25, 0.3) is 0 Å². The molecule has 0 spiro atoms. The summed E-state index contributed by atoms with van der Waals surface area (Å²) in [6.45, 7) is 0.849. The summed E-state index contributed by atoms with van der Waals surface area (Å²) in [7, 11) is 0. The lowest BCUT2D eigenvalue weighted by Gasteiger charge is -2.11. The fraction of sp³-hybridized carbons (Fsp3) is 0.600. The average molecular weight is 374 g/mol. The summed E-state index contributed by atoms with van der Waals surface area (Å²) >= 11 is 7.42. The second-order valence-corrected chi connectivity index (χ2v) is 7.49. The number of hydrogen-bond acceptors (Lipinski definition) is 1. The summed E-state index contributed by atoms with van der Waals surface area (Å²) in [5, 5.41) is 0. The molecule has 2 aliphatic rings. The maximum absolute atomic E-state index is 5.77. The zero-order valence-electron chi connectivity index (χ0n) is 10.4. The fourth-order valence-electron chi connectivity index (χ4n) is 2.71. The number of ether oxygens (including phenoxy) is 1. The number of aryl methyl sites for hydroxylation is 1. The molecular formula is C15H18Br2O. The van der Waals surface area contributed by atoms with Crippen molar-refractivity contribution in [2.24, 2.45) is 5.92 Å². The number of benzene rings is 1. The Balaban J connectivity index is 1.61.